The van der Waals surface area contributed by atoms with Crippen molar-refractivity contribution in [2.75, 3.05) is 4.90 Å². The third-order valence-electron chi connectivity index (χ3n) is 1.24. The fourth-order valence-electron chi connectivity index (χ4n) is 0.817. The Balaban J connectivity index is 2.96. The monoisotopic (exact) mass is 200 g/mol. The van der Waals surface area contributed by atoms with Crippen molar-refractivity contribution in [1.29, 1.82) is 0 Å². The van der Waals surface area contributed by atoms with Gasteiger partial charge in [-0.1, -0.05) is 12.2 Å². The van der Waals surface area contributed by atoms with Gasteiger partial charge >= 0.3 is 0 Å². The lowest BCUT2D eigenvalue weighted by Gasteiger charge is -2.14. The van der Waals surface area contributed by atoms with Crippen LogP contribution in [0.25, 0.3) is 0 Å². The minimum atomic E-state index is -0.0996. The van der Waals surface area contributed by atoms with E-state index in [1.54, 1.807) is 13.1 Å². The van der Waals surface area contributed by atoms with E-state index in [9.17, 15) is 4.79 Å². The third-order valence-corrected chi connectivity index (χ3v) is 2.18. The zero-order chi connectivity index (χ0) is 9.14. The van der Waals surface area contributed by atoms with E-state index in [2.05, 4.69) is 4.98 Å². The van der Waals surface area contributed by atoms with E-state index in [1.807, 2.05) is 5.38 Å². The van der Waals surface area contributed by atoms with Gasteiger partial charge in [-0.2, -0.15) is 0 Å². The van der Waals surface area contributed by atoms with Crippen LogP contribution in [0.5, 0.6) is 0 Å². The maximum atomic E-state index is 11.1. The zero-order valence-electron chi connectivity index (χ0n) is 6.77. The number of carbonyl (C=O) groups is 1. The molecule has 0 bridgehead atoms. The number of aromatic nitrogens is 1. The minimum absolute atomic E-state index is 0.0996. The topological polar surface area (TPSA) is 33.2 Å². The predicted molar refractivity (Wildman–Crippen MR) is 53.5 cm³/mol. The predicted octanol–water partition coefficient (Wildman–Crippen LogP) is 1.84. The summed E-state index contributed by atoms with van der Waals surface area (Å²) in [4.78, 5) is 17.0. The Hall–Kier alpha value is -0.810. The van der Waals surface area contributed by atoms with Crippen molar-refractivity contribution in [1.82, 2.24) is 4.98 Å². The highest BCUT2D eigenvalue weighted by molar-refractivity contribution is 7.80. The number of thiazole rings is 1. The summed E-state index contributed by atoms with van der Waals surface area (Å²) in [7, 11) is 0. The van der Waals surface area contributed by atoms with Gasteiger partial charge in [0.05, 0.1) is 4.99 Å². The molecule has 1 heterocycles. The van der Waals surface area contributed by atoms with E-state index < -0.39 is 0 Å². The minimum Gasteiger partial charge on any atom is -0.274 e. The van der Waals surface area contributed by atoms with Gasteiger partial charge in [0.15, 0.2) is 5.13 Å². The van der Waals surface area contributed by atoms with Gasteiger partial charge in [-0.3, -0.25) is 9.69 Å². The molecule has 1 rings (SSSR count). The molecule has 0 atom stereocenters. The Morgan fingerprint density at radius 3 is 2.67 bits per heavy atom. The van der Waals surface area contributed by atoms with Crippen LogP contribution < -0.4 is 4.90 Å². The second-order valence-electron chi connectivity index (χ2n) is 2.19. The number of thiocarbonyl (C=S) groups is 1. The van der Waals surface area contributed by atoms with E-state index in [4.69, 9.17) is 12.2 Å². The first-order valence-corrected chi connectivity index (χ1v) is 4.62. The van der Waals surface area contributed by atoms with Crippen molar-refractivity contribution in [3.05, 3.63) is 11.6 Å². The molecule has 0 N–H and O–H groups in total. The highest BCUT2D eigenvalue weighted by Gasteiger charge is 2.14. The summed E-state index contributed by atoms with van der Waals surface area (Å²) in [5.41, 5.74) is 0. The standard InChI is InChI=1S/C7H8N2OS2/c1-5(10)9(6(2)11)7-8-3-4-12-7/h3-4H,1-2H3. The molecule has 12 heavy (non-hydrogen) atoms. The summed E-state index contributed by atoms with van der Waals surface area (Å²) < 4.78 is 0. The highest BCUT2D eigenvalue weighted by atomic mass is 32.1. The summed E-state index contributed by atoms with van der Waals surface area (Å²) >= 11 is 6.31. The lowest BCUT2D eigenvalue weighted by Crippen LogP contribution is -2.31. The maximum Gasteiger partial charge on any atom is 0.230 e. The van der Waals surface area contributed by atoms with Crippen LogP contribution in [0.15, 0.2) is 11.6 Å². The molecule has 5 heteroatoms. The van der Waals surface area contributed by atoms with E-state index >= 15 is 0 Å². The highest BCUT2D eigenvalue weighted by Crippen LogP contribution is 2.17. The molecule has 0 saturated carbocycles. The molecule has 0 aliphatic rings. The molecule has 0 unspecified atom stereocenters. The third kappa shape index (κ3) is 1.86. The fraction of sp³-hybridized carbons (Fsp3) is 0.286. The number of nitrogens with zero attached hydrogens (tertiary/aromatic N) is 2. The van der Waals surface area contributed by atoms with Gasteiger partial charge in [-0.25, -0.2) is 4.98 Å². The quantitative estimate of drug-likeness (QED) is 0.649. The van der Waals surface area contributed by atoms with Crippen molar-refractivity contribution >= 4 is 39.6 Å². The summed E-state index contributed by atoms with van der Waals surface area (Å²) in [6.07, 6.45) is 1.65. The molecule has 0 aromatic carbocycles. The van der Waals surface area contributed by atoms with Crippen LogP contribution in [-0.4, -0.2) is 15.9 Å². The van der Waals surface area contributed by atoms with Gasteiger partial charge in [0.25, 0.3) is 0 Å². The first-order chi connectivity index (χ1) is 5.63. The summed E-state index contributed by atoms with van der Waals surface area (Å²) in [5, 5.41) is 2.44. The first-order valence-electron chi connectivity index (χ1n) is 3.33. The van der Waals surface area contributed by atoms with E-state index in [-0.39, 0.29) is 5.91 Å². The summed E-state index contributed by atoms with van der Waals surface area (Å²) in [6.45, 7) is 3.18. The van der Waals surface area contributed by atoms with Crippen LogP contribution in [0.3, 0.4) is 0 Å². The Morgan fingerprint density at radius 2 is 2.33 bits per heavy atom. The molecule has 0 radical (unpaired) electrons. The van der Waals surface area contributed by atoms with E-state index in [0.717, 1.165) is 0 Å². The van der Waals surface area contributed by atoms with Crippen LogP contribution in [0.1, 0.15) is 13.8 Å². The molecular formula is C7H8N2OS2. The molecule has 0 aliphatic carbocycles. The number of amides is 1. The normalized spacial score (nSPS) is 9.50. The molecule has 1 aromatic heterocycles. The fourth-order valence-corrected chi connectivity index (χ4v) is 1.83. The first kappa shape index (κ1) is 9.28. The molecule has 3 nitrogen and oxygen atoms in total. The largest absolute Gasteiger partial charge is 0.274 e. The van der Waals surface area contributed by atoms with E-state index in [1.165, 1.54) is 23.2 Å². The van der Waals surface area contributed by atoms with Crippen molar-refractivity contribution in [3.8, 4) is 0 Å². The Kier molecular flexibility index (Phi) is 2.88. The molecule has 0 fully saturated rings. The van der Waals surface area contributed by atoms with Crippen LogP contribution >= 0.6 is 23.6 Å². The van der Waals surface area contributed by atoms with Crippen LogP contribution in [0, 0.1) is 0 Å². The second-order valence-corrected chi connectivity index (χ2v) is 3.65. The van der Waals surface area contributed by atoms with Gasteiger partial charge in [0.1, 0.15) is 0 Å². The zero-order valence-corrected chi connectivity index (χ0v) is 8.41. The molecular weight excluding hydrogens is 192 g/mol. The molecule has 1 aromatic rings. The van der Waals surface area contributed by atoms with Crippen LogP contribution in [-0.2, 0) is 4.79 Å². The Bertz CT molecular complexity index is 280. The lowest BCUT2D eigenvalue weighted by molar-refractivity contribution is -0.115. The smallest absolute Gasteiger partial charge is 0.230 e. The van der Waals surface area contributed by atoms with Crippen LogP contribution in [0.2, 0.25) is 0 Å². The Morgan fingerprint density at radius 1 is 1.67 bits per heavy atom. The van der Waals surface area contributed by atoms with Crippen molar-refractivity contribution < 1.29 is 4.79 Å². The second kappa shape index (κ2) is 3.73. The molecule has 0 spiro atoms. The number of hydrogen-bond donors (Lipinski definition) is 0. The number of rotatable bonds is 1. The number of anilines is 1. The van der Waals surface area contributed by atoms with Crippen LogP contribution in [0.4, 0.5) is 5.13 Å². The summed E-state index contributed by atoms with van der Waals surface area (Å²) in [5.74, 6) is -0.0996. The lowest BCUT2D eigenvalue weighted by atomic mass is 10.5. The SMILES string of the molecule is CC(=O)N(C(C)=S)c1nccs1. The van der Waals surface area contributed by atoms with Gasteiger partial charge < -0.3 is 0 Å². The maximum absolute atomic E-state index is 11.1. The number of hydrogen-bond acceptors (Lipinski definition) is 4. The molecule has 0 saturated heterocycles. The average molecular weight is 200 g/mol. The van der Waals surface area contributed by atoms with Gasteiger partial charge in [0, 0.05) is 18.5 Å². The summed E-state index contributed by atoms with van der Waals surface area (Å²) in [6, 6.07) is 0. The number of carbonyl (C=O) groups excluding carboxylic acids is 1. The molecule has 64 valence electrons. The van der Waals surface area contributed by atoms with Crippen molar-refractivity contribution in [2.45, 2.75) is 13.8 Å². The van der Waals surface area contributed by atoms with Gasteiger partial charge in [-0.15, -0.1) is 11.3 Å². The van der Waals surface area contributed by atoms with Gasteiger partial charge in [-0.05, 0) is 6.92 Å². The van der Waals surface area contributed by atoms with E-state index in [0.29, 0.717) is 10.1 Å². The Labute approximate surface area is 80.0 Å². The van der Waals surface area contributed by atoms with Gasteiger partial charge in [0.2, 0.25) is 5.91 Å². The molecule has 0 aliphatic heterocycles. The average Bonchev–Trinajstić information content (AvgIpc) is 2.37. The molecule has 1 amide bonds. The van der Waals surface area contributed by atoms with Crippen molar-refractivity contribution in [2.24, 2.45) is 0 Å². The van der Waals surface area contributed by atoms with Crippen molar-refractivity contribution in [3.63, 3.8) is 0 Å².